The van der Waals surface area contributed by atoms with Crippen LogP contribution >= 0.6 is 0 Å². The Morgan fingerprint density at radius 3 is 2.47 bits per heavy atom. The van der Waals surface area contributed by atoms with E-state index in [0.29, 0.717) is 5.69 Å². The van der Waals surface area contributed by atoms with Crippen LogP contribution in [0.15, 0.2) is 24.3 Å². The molecule has 1 saturated carbocycles. The van der Waals surface area contributed by atoms with E-state index in [4.69, 9.17) is 5.73 Å². The summed E-state index contributed by atoms with van der Waals surface area (Å²) in [6, 6.07) is 7.49. The first-order valence-electron chi connectivity index (χ1n) is 5.11. The van der Waals surface area contributed by atoms with Crippen molar-refractivity contribution in [2.75, 3.05) is 11.5 Å². The topological polar surface area (TPSA) is 60.2 Å². The molecule has 0 unspecified atom stereocenters. The number of sulfone groups is 1. The predicted molar refractivity (Wildman–Crippen MR) is 61.5 cm³/mol. The van der Waals surface area contributed by atoms with Gasteiger partial charge in [-0.25, -0.2) is 8.42 Å². The summed E-state index contributed by atoms with van der Waals surface area (Å²) in [6.45, 7) is 1.70. The summed E-state index contributed by atoms with van der Waals surface area (Å²) < 4.78 is 23.2. The molecule has 2 atom stereocenters. The normalized spacial score (nSPS) is 25.1. The summed E-state index contributed by atoms with van der Waals surface area (Å²) in [4.78, 5) is 0. The second-order valence-corrected chi connectivity index (χ2v) is 6.51. The highest BCUT2D eigenvalue weighted by Gasteiger charge is 2.46. The van der Waals surface area contributed by atoms with Gasteiger partial charge in [0.15, 0.2) is 9.84 Å². The van der Waals surface area contributed by atoms with Crippen LogP contribution in [0, 0.1) is 0 Å². The van der Waals surface area contributed by atoms with E-state index in [-0.39, 0.29) is 16.9 Å². The molecule has 0 heterocycles. The van der Waals surface area contributed by atoms with Crippen LogP contribution in [0.25, 0.3) is 0 Å². The number of hydrogen-bond donors (Lipinski definition) is 1. The van der Waals surface area contributed by atoms with E-state index >= 15 is 0 Å². The Kier molecular flexibility index (Phi) is 2.46. The maximum absolute atomic E-state index is 11.6. The molecule has 1 aliphatic carbocycles. The fourth-order valence-electron chi connectivity index (χ4n) is 1.88. The third-order valence-electron chi connectivity index (χ3n) is 2.96. The molecular formula is C11H15NO2S. The fourth-order valence-corrected chi connectivity index (χ4v) is 3.46. The molecule has 0 bridgehead atoms. The van der Waals surface area contributed by atoms with E-state index in [2.05, 4.69) is 0 Å². The first kappa shape index (κ1) is 10.5. The van der Waals surface area contributed by atoms with Crippen LogP contribution in [0.5, 0.6) is 0 Å². The number of anilines is 1. The van der Waals surface area contributed by atoms with Crippen LogP contribution in [-0.2, 0) is 9.84 Å². The number of hydrogen-bond acceptors (Lipinski definition) is 3. The minimum atomic E-state index is -2.86. The summed E-state index contributed by atoms with van der Waals surface area (Å²) in [7, 11) is -2.86. The number of rotatable bonds is 3. The minimum Gasteiger partial charge on any atom is -0.399 e. The van der Waals surface area contributed by atoms with Crippen molar-refractivity contribution in [3.8, 4) is 0 Å². The Morgan fingerprint density at radius 2 is 1.93 bits per heavy atom. The largest absolute Gasteiger partial charge is 0.399 e. The Hall–Kier alpha value is -1.03. The minimum absolute atomic E-state index is 0.161. The summed E-state index contributed by atoms with van der Waals surface area (Å²) >= 11 is 0. The number of benzene rings is 1. The third-order valence-corrected chi connectivity index (χ3v) is 5.21. The highest BCUT2D eigenvalue weighted by atomic mass is 32.2. The van der Waals surface area contributed by atoms with E-state index in [9.17, 15) is 8.42 Å². The summed E-state index contributed by atoms with van der Waals surface area (Å²) in [5.41, 5.74) is 7.38. The van der Waals surface area contributed by atoms with Crippen LogP contribution in [0.2, 0.25) is 0 Å². The van der Waals surface area contributed by atoms with E-state index in [1.54, 1.807) is 6.92 Å². The van der Waals surface area contributed by atoms with E-state index < -0.39 is 9.84 Å². The molecule has 1 aromatic rings. The van der Waals surface area contributed by atoms with Crippen LogP contribution in [-0.4, -0.2) is 19.4 Å². The molecule has 1 aliphatic rings. The molecule has 0 spiro atoms. The van der Waals surface area contributed by atoms with Crippen molar-refractivity contribution in [1.82, 2.24) is 0 Å². The van der Waals surface area contributed by atoms with Gasteiger partial charge >= 0.3 is 0 Å². The molecule has 15 heavy (non-hydrogen) atoms. The summed E-state index contributed by atoms with van der Waals surface area (Å²) in [5.74, 6) is 0.430. The molecule has 0 amide bonds. The molecule has 82 valence electrons. The molecule has 4 heteroatoms. The first-order chi connectivity index (χ1) is 7.04. The Labute approximate surface area is 90.2 Å². The molecule has 0 saturated heterocycles. The molecule has 0 aliphatic heterocycles. The van der Waals surface area contributed by atoms with Gasteiger partial charge in [-0.1, -0.05) is 19.1 Å². The van der Waals surface area contributed by atoms with Gasteiger partial charge in [-0.15, -0.1) is 0 Å². The van der Waals surface area contributed by atoms with Crippen LogP contribution in [0.3, 0.4) is 0 Å². The molecular weight excluding hydrogens is 210 g/mol. The lowest BCUT2D eigenvalue weighted by molar-refractivity contribution is 0.595. The number of nitrogen functional groups attached to an aromatic ring is 1. The zero-order valence-electron chi connectivity index (χ0n) is 8.68. The second-order valence-electron chi connectivity index (χ2n) is 4.00. The SMILES string of the molecule is CCS(=O)(=O)[C@@H]1C[C@H]1c1ccc(N)cc1. The Morgan fingerprint density at radius 1 is 1.33 bits per heavy atom. The monoisotopic (exact) mass is 225 g/mol. The zero-order valence-corrected chi connectivity index (χ0v) is 9.50. The van der Waals surface area contributed by atoms with E-state index in [0.717, 1.165) is 12.0 Å². The summed E-state index contributed by atoms with van der Waals surface area (Å²) in [5, 5.41) is -0.161. The maximum Gasteiger partial charge on any atom is 0.153 e. The predicted octanol–water partition coefficient (Wildman–Crippen LogP) is 1.56. The van der Waals surface area contributed by atoms with E-state index in [1.165, 1.54) is 0 Å². The number of nitrogens with two attached hydrogens (primary N) is 1. The van der Waals surface area contributed by atoms with Gasteiger partial charge in [-0.2, -0.15) is 0 Å². The van der Waals surface area contributed by atoms with Crippen LogP contribution in [0.1, 0.15) is 24.8 Å². The van der Waals surface area contributed by atoms with Crippen molar-refractivity contribution in [1.29, 1.82) is 0 Å². The van der Waals surface area contributed by atoms with Crippen LogP contribution in [0.4, 0.5) is 5.69 Å². The van der Waals surface area contributed by atoms with Gasteiger partial charge in [-0.3, -0.25) is 0 Å². The van der Waals surface area contributed by atoms with Crippen molar-refractivity contribution < 1.29 is 8.42 Å². The highest BCUT2D eigenvalue weighted by molar-refractivity contribution is 7.92. The zero-order chi connectivity index (χ0) is 11.1. The summed E-state index contributed by atoms with van der Waals surface area (Å²) in [6.07, 6.45) is 0.764. The van der Waals surface area contributed by atoms with Gasteiger partial charge in [0.2, 0.25) is 0 Å². The lowest BCUT2D eigenvalue weighted by atomic mass is 10.1. The molecule has 1 aromatic carbocycles. The van der Waals surface area contributed by atoms with Crippen LogP contribution < -0.4 is 5.73 Å². The average Bonchev–Trinajstić information content (AvgIpc) is 2.99. The third kappa shape index (κ3) is 2.00. The Balaban J connectivity index is 2.15. The van der Waals surface area contributed by atoms with Crippen molar-refractivity contribution in [3.63, 3.8) is 0 Å². The van der Waals surface area contributed by atoms with Gasteiger partial charge in [0.1, 0.15) is 0 Å². The standard InChI is InChI=1S/C11H15NO2S/c1-2-15(13,14)11-7-10(11)8-3-5-9(12)6-4-8/h3-6,10-11H,2,7,12H2,1H3/t10-,11+/m0/s1. The van der Waals surface area contributed by atoms with Gasteiger partial charge in [0, 0.05) is 17.4 Å². The Bertz CT molecular complexity index is 450. The van der Waals surface area contributed by atoms with Crippen molar-refractivity contribution in [3.05, 3.63) is 29.8 Å². The van der Waals surface area contributed by atoms with Gasteiger partial charge in [-0.05, 0) is 24.1 Å². The molecule has 0 radical (unpaired) electrons. The smallest absolute Gasteiger partial charge is 0.153 e. The second kappa shape index (κ2) is 3.52. The molecule has 1 fully saturated rings. The molecule has 2 N–H and O–H groups in total. The van der Waals surface area contributed by atoms with Gasteiger partial charge < -0.3 is 5.73 Å². The molecule has 2 rings (SSSR count). The van der Waals surface area contributed by atoms with Crippen molar-refractivity contribution in [2.24, 2.45) is 0 Å². The van der Waals surface area contributed by atoms with Gasteiger partial charge in [0.05, 0.1) is 5.25 Å². The molecule has 3 nitrogen and oxygen atoms in total. The first-order valence-corrected chi connectivity index (χ1v) is 6.83. The highest BCUT2D eigenvalue weighted by Crippen LogP contribution is 2.46. The van der Waals surface area contributed by atoms with E-state index in [1.807, 2.05) is 24.3 Å². The lowest BCUT2D eigenvalue weighted by Crippen LogP contribution is -2.10. The van der Waals surface area contributed by atoms with Crippen molar-refractivity contribution in [2.45, 2.75) is 24.5 Å². The lowest BCUT2D eigenvalue weighted by Gasteiger charge is -2.01. The quantitative estimate of drug-likeness (QED) is 0.794. The van der Waals surface area contributed by atoms with Gasteiger partial charge in [0.25, 0.3) is 0 Å². The molecule has 0 aromatic heterocycles. The maximum atomic E-state index is 11.6. The fraction of sp³-hybridized carbons (Fsp3) is 0.455. The average molecular weight is 225 g/mol. The van der Waals surface area contributed by atoms with Crippen molar-refractivity contribution >= 4 is 15.5 Å².